The number of hydrogen-bond acceptors (Lipinski definition) is 6. The number of amides is 1. The van der Waals surface area contributed by atoms with E-state index in [0.717, 1.165) is 19.0 Å². The van der Waals surface area contributed by atoms with Crippen LogP contribution in [0.3, 0.4) is 0 Å². The van der Waals surface area contributed by atoms with Gasteiger partial charge in [0.15, 0.2) is 5.82 Å². The van der Waals surface area contributed by atoms with Crippen molar-refractivity contribution in [2.24, 2.45) is 5.92 Å². The van der Waals surface area contributed by atoms with Gasteiger partial charge >= 0.3 is 6.18 Å². The molecular formula is C19H19F4N7O. The first-order chi connectivity index (χ1) is 14.8. The summed E-state index contributed by atoms with van der Waals surface area (Å²) in [4.78, 5) is 23.6. The fourth-order valence-electron chi connectivity index (χ4n) is 3.78. The normalized spacial score (nSPS) is 19.4. The zero-order valence-electron chi connectivity index (χ0n) is 16.2. The van der Waals surface area contributed by atoms with E-state index in [-0.39, 0.29) is 5.82 Å². The van der Waals surface area contributed by atoms with Gasteiger partial charge in [-0.05, 0) is 18.9 Å². The number of aromatic amines is 1. The van der Waals surface area contributed by atoms with Crippen LogP contribution in [0.15, 0.2) is 24.7 Å². The monoisotopic (exact) mass is 437 g/mol. The lowest BCUT2D eigenvalue weighted by Gasteiger charge is -2.31. The van der Waals surface area contributed by atoms with Crippen molar-refractivity contribution in [2.75, 3.05) is 11.9 Å². The van der Waals surface area contributed by atoms with Crippen LogP contribution in [0.2, 0.25) is 0 Å². The number of anilines is 1. The highest BCUT2D eigenvalue weighted by atomic mass is 19.4. The number of halogens is 4. The Morgan fingerprint density at radius 3 is 2.84 bits per heavy atom. The van der Waals surface area contributed by atoms with E-state index in [0.29, 0.717) is 35.3 Å². The molecule has 1 fully saturated rings. The second kappa shape index (κ2) is 8.44. The first-order valence-electron chi connectivity index (χ1n) is 9.74. The van der Waals surface area contributed by atoms with E-state index < -0.39 is 36.4 Å². The molecule has 31 heavy (non-hydrogen) atoms. The van der Waals surface area contributed by atoms with Gasteiger partial charge in [0.1, 0.15) is 23.8 Å². The molecule has 1 aliphatic carbocycles. The lowest BCUT2D eigenvalue weighted by molar-refractivity contribution is -0.141. The van der Waals surface area contributed by atoms with E-state index in [1.54, 1.807) is 6.20 Å². The van der Waals surface area contributed by atoms with Crippen LogP contribution in [-0.4, -0.2) is 49.8 Å². The van der Waals surface area contributed by atoms with Gasteiger partial charge in [-0.3, -0.25) is 4.79 Å². The number of rotatable bonds is 5. The second-order valence-corrected chi connectivity index (χ2v) is 7.39. The van der Waals surface area contributed by atoms with Crippen molar-refractivity contribution in [3.05, 3.63) is 30.5 Å². The Morgan fingerprint density at radius 2 is 2.03 bits per heavy atom. The highest BCUT2D eigenvalue weighted by Crippen LogP contribution is 2.29. The summed E-state index contributed by atoms with van der Waals surface area (Å²) >= 11 is 0. The average molecular weight is 437 g/mol. The van der Waals surface area contributed by atoms with Crippen molar-refractivity contribution in [3.8, 4) is 11.4 Å². The summed E-state index contributed by atoms with van der Waals surface area (Å²) in [7, 11) is 0. The van der Waals surface area contributed by atoms with Gasteiger partial charge in [0.25, 0.3) is 0 Å². The summed E-state index contributed by atoms with van der Waals surface area (Å²) in [5.41, 5.74) is 0.966. The molecule has 0 spiro atoms. The number of fused-ring (bicyclic) bond motifs is 1. The fourth-order valence-corrected chi connectivity index (χ4v) is 3.78. The third kappa shape index (κ3) is 4.89. The number of carbonyl (C=O) groups excluding carboxylic acids is 1. The molecule has 1 saturated carbocycles. The third-order valence-electron chi connectivity index (χ3n) is 5.20. The molecule has 3 heterocycles. The van der Waals surface area contributed by atoms with Gasteiger partial charge in [-0.15, -0.1) is 5.10 Å². The molecule has 12 heteroatoms. The van der Waals surface area contributed by atoms with Crippen molar-refractivity contribution in [1.29, 1.82) is 0 Å². The Hall–Kier alpha value is -3.31. The maximum atomic E-state index is 13.6. The molecule has 3 N–H and O–H groups in total. The maximum Gasteiger partial charge on any atom is 0.405 e. The van der Waals surface area contributed by atoms with Gasteiger partial charge in [-0.1, -0.05) is 12.8 Å². The van der Waals surface area contributed by atoms with Gasteiger partial charge in [0, 0.05) is 23.2 Å². The fraction of sp³-hybridized carbons (Fsp3) is 0.421. The number of H-pyrrole nitrogens is 1. The predicted octanol–water partition coefficient (Wildman–Crippen LogP) is 3.20. The van der Waals surface area contributed by atoms with Gasteiger partial charge in [-0.2, -0.15) is 18.3 Å². The Morgan fingerprint density at radius 1 is 1.23 bits per heavy atom. The smallest absolute Gasteiger partial charge is 0.365 e. The minimum absolute atomic E-state index is 0.220. The molecule has 2 atom stereocenters. The van der Waals surface area contributed by atoms with Crippen molar-refractivity contribution in [3.63, 3.8) is 0 Å². The van der Waals surface area contributed by atoms with Crippen LogP contribution in [0.1, 0.15) is 25.7 Å². The molecule has 8 nitrogen and oxygen atoms in total. The van der Waals surface area contributed by atoms with Gasteiger partial charge in [0.05, 0.1) is 18.3 Å². The van der Waals surface area contributed by atoms with Crippen molar-refractivity contribution in [2.45, 2.75) is 37.9 Å². The van der Waals surface area contributed by atoms with Crippen molar-refractivity contribution in [1.82, 2.24) is 30.5 Å². The van der Waals surface area contributed by atoms with Crippen molar-refractivity contribution < 1.29 is 22.4 Å². The number of nitrogens with one attached hydrogen (secondary N) is 3. The van der Waals surface area contributed by atoms with E-state index in [1.807, 2.05) is 5.32 Å². The third-order valence-corrected chi connectivity index (χ3v) is 5.20. The molecule has 0 saturated heterocycles. The van der Waals surface area contributed by atoms with Crippen LogP contribution in [0, 0.1) is 11.7 Å². The first-order valence-corrected chi connectivity index (χ1v) is 9.74. The minimum atomic E-state index is -4.47. The van der Waals surface area contributed by atoms with E-state index in [2.05, 4.69) is 30.5 Å². The average Bonchev–Trinajstić information content (AvgIpc) is 3.15. The Kier molecular flexibility index (Phi) is 5.70. The number of pyridine rings is 1. The quantitative estimate of drug-likeness (QED) is 0.529. The standard InChI is InChI=1S/C19H19F4N7O/c20-10-5-12-13(7-25-16(12)24-6-10)17-29-15(8-27-30-17)28-14-4-2-1-3-11(14)18(31)26-9-19(21,22)23/h5-8,11,14H,1-4,9H2,(H,24,25)(H,26,31)(H,28,29,30). The highest BCUT2D eigenvalue weighted by molar-refractivity contribution is 5.91. The first kappa shape index (κ1) is 20.9. The van der Waals surface area contributed by atoms with Gasteiger partial charge in [-0.25, -0.2) is 14.4 Å². The zero-order valence-corrected chi connectivity index (χ0v) is 16.2. The van der Waals surface area contributed by atoms with Crippen molar-refractivity contribution >= 4 is 22.8 Å². The molecule has 1 amide bonds. The zero-order chi connectivity index (χ0) is 22.0. The van der Waals surface area contributed by atoms with Gasteiger partial charge in [0.2, 0.25) is 5.91 Å². The Bertz CT molecular complexity index is 1080. The molecular weight excluding hydrogens is 418 g/mol. The van der Waals surface area contributed by atoms with Crippen LogP contribution in [0.25, 0.3) is 22.4 Å². The van der Waals surface area contributed by atoms with Crippen LogP contribution in [-0.2, 0) is 4.79 Å². The second-order valence-electron chi connectivity index (χ2n) is 7.39. The summed E-state index contributed by atoms with van der Waals surface area (Å²) in [6.07, 6.45) is 2.25. The van der Waals surface area contributed by atoms with E-state index in [1.165, 1.54) is 12.3 Å². The van der Waals surface area contributed by atoms with Gasteiger partial charge < -0.3 is 15.6 Å². The summed E-state index contributed by atoms with van der Waals surface area (Å²) < 4.78 is 51.0. The molecule has 2 unspecified atom stereocenters. The van der Waals surface area contributed by atoms with Crippen LogP contribution in [0.5, 0.6) is 0 Å². The largest absolute Gasteiger partial charge is 0.405 e. The number of hydrogen-bond donors (Lipinski definition) is 3. The number of aromatic nitrogens is 5. The lowest BCUT2D eigenvalue weighted by atomic mass is 9.84. The summed E-state index contributed by atoms with van der Waals surface area (Å²) in [5.74, 6) is -1.23. The summed E-state index contributed by atoms with van der Waals surface area (Å²) in [6, 6.07) is 0.911. The maximum absolute atomic E-state index is 13.6. The van der Waals surface area contributed by atoms with Crippen LogP contribution < -0.4 is 10.6 Å². The highest BCUT2D eigenvalue weighted by Gasteiger charge is 2.34. The minimum Gasteiger partial charge on any atom is -0.365 e. The molecule has 0 bridgehead atoms. The van der Waals surface area contributed by atoms with E-state index in [4.69, 9.17) is 0 Å². The summed E-state index contributed by atoms with van der Waals surface area (Å²) in [5, 5.41) is 13.5. The molecule has 0 aromatic carbocycles. The van der Waals surface area contributed by atoms with Crippen LogP contribution >= 0.6 is 0 Å². The molecule has 3 aromatic heterocycles. The molecule has 164 valence electrons. The molecule has 3 aromatic rings. The van der Waals surface area contributed by atoms with E-state index in [9.17, 15) is 22.4 Å². The molecule has 0 aliphatic heterocycles. The predicted molar refractivity (Wildman–Crippen MR) is 103 cm³/mol. The van der Waals surface area contributed by atoms with E-state index >= 15 is 0 Å². The topological polar surface area (TPSA) is 108 Å². The Labute approximate surface area is 173 Å². The molecule has 1 aliphatic rings. The molecule has 4 rings (SSSR count). The summed E-state index contributed by atoms with van der Waals surface area (Å²) in [6.45, 7) is -1.36. The van der Waals surface area contributed by atoms with Crippen LogP contribution in [0.4, 0.5) is 23.4 Å². The SMILES string of the molecule is O=C(NCC(F)(F)F)C1CCCCC1Nc1cnnc(-c2c[nH]c3ncc(F)cc23)n1. The number of nitrogens with zero attached hydrogens (tertiary/aromatic N) is 4. The number of alkyl halides is 3. The Balaban J connectivity index is 1.53. The number of carbonyl (C=O) groups is 1. The molecule has 0 radical (unpaired) electrons. The lowest BCUT2D eigenvalue weighted by Crippen LogP contribution is -2.45.